The summed E-state index contributed by atoms with van der Waals surface area (Å²) in [5.41, 5.74) is 1.85. The lowest BCUT2D eigenvalue weighted by Crippen LogP contribution is -2.26. The van der Waals surface area contributed by atoms with E-state index in [1.165, 1.54) is 0 Å². The Labute approximate surface area is 136 Å². The lowest BCUT2D eigenvalue weighted by Gasteiger charge is -2.19. The third-order valence-electron chi connectivity index (χ3n) is 3.29. The number of fused-ring (bicyclic) bond motifs is 1. The summed E-state index contributed by atoms with van der Waals surface area (Å²) in [6.07, 6.45) is 0.635. The molecule has 0 saturated heterocycles. The Bertz CT molecular complexity index is 500. The molecule has 5 nitrogen and oxygen atoms in total. The molecule has 0 aliphatic carbocycles. The van der Waals surface area contributed by atoms with E-state index in [4.69, 9.17) is 9.47 Å². The van der Waals surface area contributed by atoms with Gasteiger partial charge in [0.2, 0.25) is 5.91 Å². The molecule has 0 unspecified atom stereocenters. The highest BCUT2D eigenvalue weighted by molar-refractivity contribution is 5.92. The van der Waals surface area contributed by atoms with Gasteiger partial charge < -0.3 is 20.1 Å². The minimum Gasteiger partial charge on any atom is -0.379 e. The number of hydrogen-bond donors (Lipinski definition) is 2. The first kappa shape index (κ1) is 18.8. The van der Waals surface area contributed by atoms with Crippen LogP contribution in [-0.4, -0.2) is 38.9 Å². The molecule has 7 heteroatoms. The fraction of sp³-hybridized carbons (Fsp3) is 0.533. The van der Waals surface area contributed by atoms with Gasteiger partial charge in [-0.25, -0.2) is 4.39 Å². The van der Waals surface area contributed by atoms with Crippen molar-refractivity contribution in [3.05, 3.63) is 29.1 Å². The summed E-state index contributed by atoms with van der Waals surface area (Å²) in [5.74, 6) is -0.698. The highest BCUT2D eigenvalue weighted by atomic mass is 35.5. The van der Waals surface area contributed by atoms with Crippen molar-refractivity contribution in [3.8, 4) is 0 Å². The van der Waals surface area contributed by atoms with Crippen molar-refractivity contribution in [2.75, 3.05) is 38.3 Å². The van der Waals surface area contributed by atoms with Crippen LogP contribution in [0.3, 0.4) is 0 Å². The second-order valence-corrected chi connectivity index (χ2v) is 4.79. The molecule has 22 heavy (non-hydrogen) atoms. The van der Waals surface area contributed by atoms with E-state index in [0.717, 1.165) is 12.1 Å². The van der Waals surface area contributed by atoms with Crippen LogP contribution in [0.5, 0.6) is 0 Å². The van der Waals surface area contributed by atoms with Gasteiger partial charge in [0.1, 0.15) is 12.4 Å². The van der Waals surface area contributed by atoms with Gasteiger partial charge in [0.15, 0.2) is 0 Å². The fourth-order valence-corrected chi connectivity index (χ4v) is 2.24. The van der Waals surface area contributed by atoms with Crippen LogP contribution < -0.4 is 10.6 Å². The predicted octanol–water partition coefficient (Wildman–Crippen LogP) is 1.88. The molecule has 2 rings (SSSR count). The zero-order valence-corrected chi connectivity index (χ0v) is 13.4. The van der Waals surface area contributed by atoms with Gasteiger partial charge in [0.05, 0.1) is 18.9 Å². The lowest BCUT2D eigenvalue weighted by atomic mass is 9.99. The van der Waals surface area contributed by atoms with E-state index < -0.39 is 0 Å². The third-order valence-corrected chi connectivity index (χ3v) is 3.29. The quantitative estimate of drug-likeness (QED) is 0.749. The Morgan fingerprint density at radius 2 is 2.14 bits per heavy atom. The van der Waals surface area contributed by atoms with Gasteiger partial charge in [0.25, 0.3) is 0 Å². The average molecular weight is 333 g/mol. The van der Waals surface area contributed by atoms with E-state index in [2.05, 4.69) is 10.6 Å². The molecule has 1 aliphatic heterocycles. The predicted molar refractivity (Wildman–Crippen MR) is 85.0 cm³/mol. The van der Waals surface area contributed by atoms with Crippen LogP contribution in [0.25, 0.3) is 0 Å². The zero-order chi connectivity index (χ0) is 15.1. The molecule has 1 amide bonds. The Kier molecular flexibility index (Phi) is 8.34. The first-order valence-electron chi connectivity index (χ1n) is 7.18. The minimum absolute atomic E-state index is 0. The van der Waals surface area contributed by atoms with Crippen LogP contribution >= 0.6 is 12.4 Å². The number of halogens is 2. The number of hydrogen-bond acceptors (Lipinski definition) is 4. The molecule has 1 aromatic rings. The molecule has 0 atom stereocenters. The maximum absolute atomic E-state index is 14.3. The van der Waals surface area contributed by atoms with E-state index in [0.29, 0.717) is 38.3 Å². The number of rotatable bonds is 7. The monoisotopic (exact) mass is 332 g/mol. The van der Waals surface area contributed by atoms with E-state index in [1.54, 1.807) is 6.07 Å². The molecular formula is C15H22ClFN2O3. The van der Waals surface area contributed by atoms with Gasteiger partial charge in [-0.1, -0.05) is 6.07 Å². The molecule has 0 radical (unpaired) electrons. The summed E-state index contributed by atoms with van der Waals surface area (Å²) in [7, 11) is 0. The van der Waals surface area contributed by atoms with Crippen molar-refractivity contribution in [2.24, 2.45) is 0 Å². The first-order chi connectivity index (χ1) is 10.2. The number of benzene rings is 1. The Morgan fingerprint density at radius 1 is 1.36 bits per heavy atom. The van der Waals surface area contributed by atoms with Gasteiger partial charge in [-0.15, -0.1) is 12.4 Å². The molecule has 1 aromatic carbocycles. The average Bonchev–Trinajstić information content (AvgIpc) is 2.50. The van der Waals surface area contributed by atoms with E-state index in [1.807, 2.05) is 13.0 Å². The van der Waals surface area contributed by atoms with E-state index >= 15 is 0 Å². The van der Waals surface area contributed by atoms with Gasteiger partial charge in [-0.2, -0.15) is 0 Å². The van der Waals surface area contributed by atoms with Gasteiger partial charge in [0, 0.05) is 13.2 Å². The van der Waals surface area contributed by atoms with Crippen LogP contribution in [-0.2, 0) is 27.2 Å². The van der Waals surface area contributed by atoms with Gasteiger partial charge in [-0.05, 0) is 37.1 Å². The molecule has 1 aliphatic rings. The highest BCUT2D eigenvalue weighted by Gasteiger charge is 2.17. The van der Waals surface area contributed by atoms with Crippen molar-refractivity contribution in [3.63, 3.8) is 0 Å². The van der Waals surface area contributed by atoms with Crippen LogP contribution in [0, 0.1) is 5.82 Å². The molecule has 0 aromatic heterocycles. The van der Waals surface area contributed by atoms with Crippen molar-refractivity contribution < 1.29 is 18.7 Å². The maximum Gasteiger partial charge on any atom is 0.250 e. The van der Waals surface area contributed by atoms with E-state index in [9.17, 15) is 9.18 Å². The summed E-state index contributed by atoms with van der Waals surface area (Å²) in [5, 5.41) is 5.74. The van der Waals surface area contributed by atoms with Crippen LogP contribution in [0.2, 0.25) is 0 Å². The normalized spacial score (nSPS) is 13.2. The van der Waals surface area contributed by atoms with Crippen LogP contribution in [0.1, 0.15) is 18.1 Å². The fourth-order valence-electron chi connectivity index (χ4n) is 2.24. The molecule has 124 valence electrons. The number of carbonyl (C=O) groups excluding carboxylic acids is 1. The number of carbonyl (C=O) groups is 1. The largest absolute Gasteiger partial charge is 0.379 e. The number of amides is 1. The van der Waals surface area contributed by atoms with Crippen molar-refractivity contribution >= 4 is 24.0 Å². The molecule has 1 heterocycles. The zero-order valence-electron chi connectivity index (χ0n) is 12.6. The molecular weight excluding hydrogens is 311 g/mol. The smallest absolute Gasteiger partial charge is 0.250 e. The molecule has 2 N–H and O–H groups in total. The number of nitrogens with one attached hydrogen (secondary N) is 2. The van der Waals surface area contributed by atoms with E-state index in [-0.39, 0.29) is 36.4 Å². The molecule has 0 saturated carbocycles. The molecule has 0 spiro atoms. The SMILES string of the molecule is CCOCCOCC(=O)Nc1ccc2c(c1F)CCNC2.Cl. The second kappa shape index (κ2) is 9.74. The molecule has 0 bridgehead atoms. The third kappa shape index (κ3) is 5.21. The number of ether oxygens (including phenoxy) is 2. The standard InChI is InChI=1S/C15H21FN2O3.ClH/c1-2-20-7-8-21-10-14(19)18-13-4-3-11-9-17-6-5-12(11)15(13)16;/h3-4,17H,2,5-10H2,1H3,(H,18,19);1H. The summed E-state index contributed by atoms with van der Waals surface area (Å²) in [6, 6.07) is 3.44. The summed E-state index contributed by atoms with van der Waals surface area (Å²) < 4.78 is 24.5. The van der Waals surface area contributed by atoms with Gasteiger partial charge >= 0.3 is 0 Å². The number of anilines is 1. The summed E-state index contributed by atoms with van der Waals surface area (Å²) in [6.45, 7) is 4.61. The van der Waals surface area contributed by atoms with Crippen LogP contribution in [0.4, 0.5) is 10.1 Å². The lowest BCUT2D eigenvalue weighted by molar-refractivity contribution is -0.121. The maximum atomic E-state index is 14.3. The highest BCUT2D eigenvalue weighted by Crippen LogP contribution is 2.24. The van der Waals surface area contributed by atoms with Gasteiger partial charge in [-0.3, -0.25) is 4.79 Å². The minimum atomic E-state index is -0.362. The first-order valence-corrected chi connectivity index (χ1v) is 7.18. The topological polar surface area (TPSA) is 59.6 Å². The Morgan fingerprint density at radius 3 is 2.91 bits per heavy atom. The Balaban J connectivity index is 0.00000242. The summed E-state index contributed by atoms with van der Waals surface area (Å²) in [4.78, 5) is 11.7. The second-order valence-electron chi connectivity index (χ2n) is 4.79. The van der Waals surface area contributed by atoms with Crippen molar-refractivity contribution in [1.29, 1.82) is 0 Å². The van der Waals surface area contributed by atoms with Crippen LogP contribution in [0.15, 0.2) is 12.1 Å². The van der Waals surface area contributed by atoms with Crippen molar-refractivity contribution in [2.45, 2.75) is 19.9 Å². The molecule has 0 fully saturated rings. The summed E-state index contributed by atoms with van der Waals surface area (Å²) >= 11 is 0. The van der Waals surface area contributed by atoms with Crippen molar-refractivity contribution in [1.82, 2.24) is 5.32 Å². The Hall–Kier alpha value is -1.21.